The van der Waals surface area contributed by atoms with Crippen LogP contribution in [0.1, 0.15) is 107 Å². The van der Waals surface area contributed by atoms with Gasteiger partial charge in [0, 0.05) is 86.5 Å². The number of hydrogen-bond donors (Lipinski definition) is 8. The average molecular weight is 1100 g/mol. The molecule has 1 saturated heterocycles. The van der Waals surface area contributed by atoms with Gasteiger partial charge in [-0.15, -0.1) is 0 Å². The zero-order valence-electron chi connectivity index (χ0n) is 45.9. The first-order valence-corrected chi connectivity index (χ1v) is 26.3. The number of hydrogen-bond acceptors (Lipinski definition) is 18. The zero-order valence-corrected chi connectivity index (χ0v) is 45.9. The van der Waals surface area contributed by atoms with Crippen LogP contribution in [0, 0.1) is 36.4 Å². The summed E-state index contributed by atoms with van der Waals surface area (Å²) in [5.41, 5.74) is 2.01. The van der Waals surface area contributed by atoms with Gasteiger partial charge in [-0.1, -0.05) is 52.5 Å². The van der Waals surface area contributed by atoms with Crippen molar-refractivity contribution in [3.63, 3.8) is 0 Å². The molecule has 2 fully saturated rings. The lowest BCUT2D eigenvalue weighted by atomic mass is 9.78. The molecule has 1 saturated carbocycles. The Labute approximate surface area is 456 Å². The van der Waals surface area contributed by atoms with Gasteiger partial charge in [-0.2, -0.15) is 5.10 Å². The Bertz CT molecular complexity index is 3310. The topological polar surface area (TPSA) is 280 Å². The number of nitrogens with zero attached hydrogens (tertiary/aromatic N) is 3. The molecule has 5 aliphatic rings. The normalized spacial score (nSPS) is 28.5. The lowest BCUT2D eigenvalue weighted by molar-refractivity contribution is -0.160. The molecule has 79 heavy (non-hydrogen) atoms. The van der Waals surface area contributed by atoms with Crippen molar-refractivity contribution in [2.24, 2.45) is 28.8 Å². The number of esters is 1. The van der Waals surface area contributed by atoms with Crippen LogP contribution in [0.3, 0.4) is 0 Å². The number of anilines is 2. The number of pyridine rings is 1. The number of rotatable bonds is 9. The number of Topliss-reactive ketones (excluding diaryl/α,β-unsaturated/α-hetero) is 1. The summed E-state index contributed by atoms with van der Waals surface area (Å²) in [7, 11) is 2.80. The minimum atomic E-state index is -2.15. The highest BCUT2D eigenvalue weighted by atomic mass is 19.1. The van der Waals surface area contributed by atoms with Gasteiger partial charge in [0.25, 0.3) is 11.7 Å². The summed E-state index contributed by atoms with van der Waals surface area (Å²) in [5.74, 6) is -10.3. The van der Waals surface area contributed by atoms with Gasteiger partial charge in [0.1, 0.15) is 34.8 Å². The number of amides is 1. The van der Waals surface area contributed by atoms with Crippen LogP contribution in [0.15, 0.2) is 64.9 Å². The smallest absolute Gasteiger partial charge is 0.312 e. The van der Waals surface area contributed by atoms with Gasteiger partial charge in [-0.05, 0) is 51.7 Å². The zero-order chi connectivity index (χ0) is 57.7. The van der Waals surface area contributed by atoms with E-state index in [1.807, 2.05) is 4.57 Å². The number of aromatic nitrogens is 1. The number of hydrazone groups is 1. The summed E-state index contributed by atoms with van der Waals surface area (Å²) in [5, 5.41) is 76.2. The third kappa shape index (κ3) is 10.7. The molecule has 1 unspecified atom stereocenters. The number of phenolic OH excluding ortho intramolecular Hbond substituents is 3. The fourth-order valence-corrected chi connectivity index (χ4v) is 11.1. The van der Waals surface area contributed by atoms with Crippen LogP contribution in [0.2, 0.25) is 0 Å². The van der Waals surface area contributed by atoms with E-state index in [4.69, 9.17) is 23.7 Å². The van der Waals surface area contributed by atoms with E-state index in [9.17, 15) is 49.8 Å². The number of allylic oxidation sites excluding steroid dienone is 2. The number of methoxy groups -OCH3 is 2. The van der Waals surface area contributed by atoms with Crippen molar-refractivity contribution in [3.8, 4) is 28.7 Å². The van der Waals surface area contributed by atoms with Crippen LogP contribution in [-0.2, 0) is 23.8 Å². The number of aromatic hydroxyl groups is 3. The molecule has 9 rings (SSSR count). The fourth-order valence-electron chi connectivity index (χ4n) is 11.1. The van der Waals surface area contributed by atoms with Gasteiger partial charge in [0.05, 0.1) is 82.6 Å². The Hall–Kier alpha value is -7.62. The molecular weight excluding hydrogens is 1030 g/mol. The summed E-state index contributed by atoms with van der Waals surface area (Å²) in [6, 6.07) is 0.646. The summed E-state index contributed by atoms with van der Waals surface area (Å²) in [6.45, 7) is 16.4. The number of carbonyl (C=O) groups excluding carboxylic acids is 3. The van der Waals surface area contributed by atoms with E-state index in [0.717, 1.165) is 31.4 Å². The van der Waals surface area contributed by atoms with Crippen LogP contribution in [0.5, 0.6) is 28.7 Å². The number of aliphatic hydroxyl groups excluding tert-OH is 3. The molecule has 3 aromatic carbocycles. The lowest BCUT2D eigenvalue weighted by Crippen LogP contribution is -2.46. The minimum Gasteiger partial charge on any atom is -0.508 e. The predicted octanol–water partition coefficient (Wildman–Crippen LogP) is 7.67. The third-order valence-electron chi connectivity index (χ3n) is 15.9. The predicted molar refractivity (Wildman–Crippen MR) is 294 cm³/mol. The van der Waals surface area contributed by atoms with E-state index in [1.54, 1.807) is 44.7 Å². The number of fused-ring (bicyclic) bond motifs is 15. The molecule has 1 amide bonds. The molecule has 4 aromatic rings. The van der Waals surface area contributed by atoms with Gasteiger partial charge in [0.15, 0.2) is 17.3 Å². The Balaban J connectivity index is 1.20. The maximum absolute atomic E-state index is 16.4. The molecular formula is C58H70FN5O15. The second-order valence-electron chi connectivity index (χ2n) is 21.4. The standard InChI is InChI=1S/C58H70FN5O15/c1-26-14-12-15-27(2)57(74)61-44-37(23-60-62-34-16-13-20-63(24-34)46-39(59)22-36-45(55(46)76-11)64(35-17-18-35)25-38(32(7)65)50(36)70)51(71)41-42(52(44)72)49(69)31(6)54-43(41)56(73)58(9,79-54)77-21-19-40(75-10)28(3)53(78-33(8)66)30(5)48(68)29(4)47(26)67/h12,14-15,19,21-23,25-26,28-30,34-35,40,47-48,53,62,65,67-69,71-72H,7,13,16-18,20,24H2,1-6,8-11H3,(H,61,74)/b14-12+,21-19+,27-15-,60-23-/t26-,28+,29+,30+,34?,40-,47-,48+,53+,58-/m0/s1. The number of piperidine rings is 1. The van der Waals surface area contributed by atoms with Crippen molar-refractivity contribution in [1.82, 2.24) is 9.99 Å². The van der Waals surface area contributed by atoms with E-state index in [1.165, 1.54) is 60.3 Å². The van der Waals surface area contributed by atoms with Gasteiger partial charge >= 0.3 is 11.8 Å². The number of phenols is 3. The molecule has 0 radical (unpaired) electrons. The Morgan fingerprint density at radius 3 is 2.34 bits per heavy atom. The third-order valence-corrected chi connectivity index (χ3v) is 15.9. The van der Waals surface area contributed by atoms with Crippen molar-refractivity contribution in [3.05, 3.63) is 93.3 Å². The monoisotopic (exact) mass is 1100 g/mol. The summed E-state index contributed by atoms with van der Waals surface area (Å²) < 4.78 is 47.9. The molecule has 1 aromatic heterocycles. The number of ketones is 1. The lowest BCUT2D eigenvalue weighted by Gasteiger charge is -2.38. The van der Waals surface area contributed by atoms with Crippen molar-refractivity contribution in [2.45, 2.75) is 123 Å². The van der Waals surface area contributed by atoms with E-state index in [2.05, 4.69) is 22.4 Å². The first-order valence-electron chi connectivity index (χ1n) is 26.3. The van der Waals surface area contributed by atoms with Crippen molar-refractivity contribution in [2.75, 3.05) is 37.5 Å². The van der Waals surface area contributed by atoms with E-state index < -0.39 is 123 Å². The molecule has 4 aliphatic heterocycles. The van der Waals surface area contributed by atoms with Crippen molar-refractivity contribution in [1.29, 1.82) is 0 Å². The number of carbonyl (C=O) groups is 3. The average Bonchev–Trinajstić information content (AvgIpc) is 4.44. The van der Waals surface area contributed by atoms with Crippen LogP contribution in [0.4, 0.5) is 15.8 Å². The first-order chi connectivity index (χ1) is 37.4. The van der Waals surface area contributed by atoms with Gasteiger partial charge < -0.3 is 74.5 Å². The molecule has 20 nitrogen and oxygen atoms in total. The van der Waals surface area contributed by atoms with Gasteiger partial charge in [-0.3, -0.25) is 19.2 Å². The molecule has 10 atom stereocenters. The number of benzene rings is 3. The summed E-state index contributed by atoms with van der Waals surface area (Å²) in [4.78, 5) is 56.6. The van der Waals surface area contributed by atoms with Crippen LogP contribution in [-0.4, -0.2) is 123 Å². The van der Waals surface area contributed by atoms with Crippen molar-refractivity contribution < 1.29 is 73.1 Å². The first kappa shape index (κ1) is 57.6. The van der Waals surface area contributed by atoms with Crippen LogP contribution in [0.25, 0.3) is 27.4 Å². The van der Waals surface area contributed by atoms with E-state index >= 15 is 4.39 Å². The van der Waals surface area contributed by atoms with Crippen LogP contribution >= 0.6 is 0 Å². The molecule has 21 heteroatoms. The highest BCUT2D eigenvalue weighted by molar-refractivity contribution is 6.24. The molecule has 5 heterocycles. The van der Waals surface area contributed by atoms with Gasteiger partial charge in [-0.25, -0.2) is 4.39 Å². The van der Waals surface area contributed by atoms with E-state index in [-0.39, 0.29) is 68.4 Å². The number of nitrogens with one attached hydrogen (secondary N) is 2. The Morgan fingerprint density at radius 2 is 1.70 bits per heavy atom. The fraction of sp³-hybridized carbons (Fsp3) is 0.466. The van der Waals surface area contributed by atoms with E-state index in [0.29, 0.717) is 24.9 Å². The SMILES string of the molecule is C=C(O)c1cn(C2CC2)c2c(OC)c(N3CCCC(N/N=C\c4c5c(O)c6c(O)c(C)c7c(c6c4O)C(=O)[C@@](C)(O/C=C/[C@H](OC)[C@@H](C)[C@@H](OC(C)=O)[C@H](C)[C@H](O)[C@H](C)[C@@H](O)[C@@H](C)/C=C/C=C(/C)C(=O)N5)O7)C3)c(F)cc2c1=O. The molecule has 1 aliphatic carbocycles. The van der Waals surface area contributed by atoms with Crippen molar-refractivity contribution >= 4 is 62.7 Å². The molecule has 5 bridgehead atoms. The molecule has 8 N–H and O–H groups in total. The Kier molecular flexibility index (Phi) is 16.5. The minimum absolute atomic E-state index is 0.00849. The highest BCUT2D eigenvalue weighted by Gasteiger charge is 2.50. The second-order valence-corrected chi connectivity index (χ2v) is 21.4. The number of halogens is 1. The molecule has 424 valence electrons. The molecule has 0 spiro atoms. The second kappa shape index (κ2) is 22.6. The quantitative estimate of drug-likeness (QED) is 0.0199. The number of aliphatic hydroxyl groups is 3. The number of ether oxygens (including phenoxy) is 5. The van der Waals surface area contributed by atoms with Crippen LogP contribution < -0.4 is 30.5 Å². The highest BCUT2D eigenvalue weighted by Crippen LogP contribution is 2.55. The van der Waals surface area contributed by atoms with Gasteiger partial charge in [0.2, 0.25) is 5.43 Å². The maximum atomic E-state index is 16.4. The largest absolute Gasteiger partial charge is 0.508 e. The Morgan fingerprint density at radius 1 is 0.987 bits per heavy atom. The maximum Gasteiger partial charge on any atom is 0.312 e. The summed E-state index contributed by atoms with van der Waals surface area (Å²) >= 11 is 0. The summed E-state index contributed by atoms with van der Waals surface area (Å²) in [6.07, 6.45) is 8.47.